The first-order valence-corrected chi connectivity index (χ1v) is 6.71. The van der Waals surface area contributed by atoms with Gasteiger partial charge in [0.15, 0.2) is 5.11 Å². The van der Waals surface area contributed by atoms with Crippen LogP contribution < -0.4 is 10.7 Å². The number of nitrogens with zero attached hydrogens (tertiary/aromatic N) is 1. The number of halogens is 2. The van der Waals surface area contributed by atoms with E-state index in [4.69, 9.17) is 23.8 Å². The molecular formula is C12H15ClFN3S. The SMILES string of the molecule is Fc1ccc(NC(=S)NN2CCCCC2)cc1Cl. The van der Waals surface area contributed by atoms with Gasteiger partial charge in [-0.05, 0) is 43.3 Å². The van der Waals surface area contributed by atoms with Crippen LogP contribution in [-0.4, -0.2) is 23.2 Å². The highest BCUT2D eigenvalue weighted by atomic mass is 35.5. The maximum atomic E-state index is 13.0. The molecule has 1 fully saturated rings. The van der Waals surface area contributed by atoms with E-state index in [9.17, 15) is 4.39 Å². The van der Waals surface area contributed by atoms with Crippen molar-refractivity contribution in [3.8, 4) is 0 Å². The Balaban J connectivity index is 1.88. The van der Waals surface area contributed by atoms with E-state index in [2.05, 4.69) is 15.8 Å². The number of nitrogens with one attached hydrogen (secondary N) is 2. The van der Waals surface area contributed by atoms with Crippen molar-refractivity contribution in [3.63, 3.8) is 0 Å². The summed E-state index contributed by atoms with van der Waals surface area (Å²) in [4.78, 5) is 0. The fraction of sp³-hybridized carbons (Fsp3) is 0.417. The normalized spacial score (nSPS) is 16.3. The zero-order chi connectivity index (χ0) is 13.0. The third kappa shape index (κ3) is 3.80. The minimum absolute atomic E-state index is 0.0840. The lowest BCUT2D eigenvalue weighted by molar-refractivity contribution is 0.196. The second kappa shape index (κ2) is 6.31. The molecule has 1 aromatic carbocycles. The molecule has 1 aromatic rings. The minimum Gasteiger partial charge on any atom is -0.332 e. The highest BCUT2D eigenvalue weighted by Crippen LogP contribution is 2.19. The first kappa shape index (κ1) is 13.5. The largest absolute Gasteiger partial charge is 0.332 e. The maximum absolute atomic E-state index is 13.0. The van der Waals surface area contributed by atoms with Crippen molar-refractivity contribution >= 4 is 34.6 Å². The summed E-state index contributed by atoms with van der Waals surface area (Å²) in [6, 6.07) is 4.43. The Morgan fingerprint density at radius 3 is 2.67 bits per heavy atom. The first-order chi connectivity index (χ1) is 8.65. The predicted octanol–water partition coefficient (Wildman–Crippen LogP) is 3.17. The van der Waals surface area contributed by atoms with Gasteiger partial charge in [0, 0.05) is 18.8 Å². The highest BCUT2D eigenvalue weighted by Gasteiger charge is 2.11. The van der Waals surface area contributed by atoms with Crippen molar-refractivity contribution in [1.82, 2.24) is 10.4 Å². The Bertz CT molecular complexity index is 435. The quantitative estimate of drug-likeness (QED) is 0.817. The Hall–Kier alpha value is -0.910. The summed E-state index contributed by atoms with van der Waals surface area (Å²) in [5.41, 5.74) is 3.80. The van der Waals surface area contributed by atoms with Crippen LogP contribution in [0, 0.1) is 5.82 Å². The van der Waals surface area contributed by atoms with Crippen molar-refractivity contribution in [3.05, 3.63) is 29.0 Å². The van der Waals surface area contributed by atoms with E-state index in [1.54, 1.807) is 6.07 Å². The minimum atomic E-state index is -0.433. The average Bonchev–Trinajstić information content (AvgIpc) is 2.35. The number of hydrogen-bond donors (Lipinski definition) is 2. The van der Waals surface area contributed by atoms with Crippen LogP contribution in [0.3, 0.4) is 0 Å². The number of anilines is 1. The van der Waals surface area contributed by atoms with Gasteiger partial charge in [-0.25, -0.2) is 9.40 Å². The van der Waals surface area contributed by atoms with Crippen LogP contribution in [-0.2, 0) is 0 Å². The number of benzene rings is 1. The summed E-state index contributed by atoms with van der Waals surface area (Å²) in [6.07, 6.45) is 3.63. The third-order valence-electron chi connectivity index (χ3n) is 2.79. The van der Waals surface area contributed by atoms with Gasteiger partial charge >= 0.3 is 0 Å². The van der Waals surface area contributed by atoms with E-state index >= 15 is 0 Å². The van der Waals surface area contributed by atoms with Gasteiger partial charge in [-0.15, -0.1) is 0 Å². The molecule has 0 radical (unpaired) electrons. The predicted molar refractivity (Wildman–Crippen MR) is 76.2 cm³/mol. The number of piperidine rings is 1. The summed E-state index contributed by atoms with van der Waals surface area (Å²) in [6.45, 7) is 1.98. The molecular weight excluding hydrogens is 273 g/mol. The molecule has 0 atom stereocenters. The van der Waals surface area contributed by atoms with Gasteiger partial charge in [0.05, 0.1) is 5.02 Å². The Morgan fingerprint density at radius 1 is 1.28 bits per heavy atom. The molecule has 0 saturated carbocycles. The Labute approximate surface area is 116 Å². The lowest BCUT2D eigenvalue weighted by Gasteiger charge is -2.28. The van der Waals surface area contributed by atoms with Crippen molar-refractivity contribution < 1.29 is 4.39 Å². The van der Waals surface area contributed by atoms with E-state index in [-0.39, 0.29) is 5.02 Å². The molecule has 3 nitrogen and oxygen atoms in total. The second-order valence-corrected chi connectivity index (χ2v) is 5.06. The summed E-state index contributed by atoms with van der Waals surface area (Å²) in [5.74, 6) is -0.433. The van der Waals surface area contributed by atoms with Crippen LogP contribution in [0.25, 0.3) is 0 Å². The lowest BCUT2D eigenvalue weighted by Crippen LogP contribution is -2.46. The average molecular weight is 288 g/mol. The van der Waals surface area contributed by atoms with E-state index in [1.165, 1.54) is 31.4 Å². The van der Waals surface area contributed by atoms with Crippen LogP contribution >= 0.6 is 23.8 Å². The summed E-state index contributed by atoms with van der Waals surface area (Å²) in [7, 11) is 0. The van der Waals surface area contributed by atoms with Gasteiger partial charge in [-0.2, -0.15) is 0 Å². The van der Waals surface area contributed by atoms with Crippen LogP contribution in [0.1, 0.15) is 19.3 Å². The van der Waals surface area contributed by atoms with Crippen LogP contribution in [0.5, 0.6) is 0 Å². The molecule has 0 bridgehead atoms. The molecule has 0 amide bonds. The third-order valence-corrected chi connectivity index (χ3v) is 3.28. The first-order valence-electron chi connectivity index (χ1n) is 5.93. The molecule has 1 heterocycles. The molecule has 0 aliphatic carbocycles. The van der Waals surface area contributed by atoms with Gasteiger partial charge in [0.25, 0.3) is 0 Å². The lowest BCUT2D eigenvalue weighted by atomic mass is 10.2. The maximum Gasteiger partial charge on any atom is 0.185 e. The molecule has 1 saturated heterocycles. The van der Waals surface area contributed by atoms with Crippen molar-refractivity contribution in [2.24, 2.45) is 0 Å². The monoisotopic (exact) mass is 287 g/mol. The van der Waals surface area contributed by atoms with E-state index in [1.807, 2.05) is 0 Å². The Kier molecular flexibility index (Phi) is 4.74. The van der Waals surface area contributed by atoms with Gasteiger partial charge in [0.1, 0.15) is 5.82 Å². The number of rotatable bonds is 2. The van der Waals surface area contributed by atoms with E-state index < -0.39 is 5.82 Å². The van der Waals surface area contributed by atoms with E-state index in [0.29, 0.717) is 10.8 Å². The van der Waals surface area contributed by atoms with Crippen LogP contribution in [0.2, 0.25) is 5.02 Å². The molecule has 2 N–H and O–H groups in total. The number of hydrazine groups is 1. The van der Waals surface area contributed by atoms with Crippen molar-refractivity contribution in [2.45, 2.75) is 19.3 Å². The standard InChI is InChI=1S/C12H15ClFN3S/c13-10-8-9(4-5-11(10)14)15-12(18)16-17-6-2-1-3-7-17/h4-5,8H,1-3,6-7H2,(H2,15,16,18). The molecule has 0 aromatic heterocycles. The number of thiocarbonyl (C=S) groups is 1. The van der Waals surface area contributed by atoms with Crippen molar-refractivity contribution in [2.75, 3.05) is 18.4 Å². The highest BCUT2D eigenvalue weighted by molar-refractivity contribution is 7.80. The van der Waals surface area contributed by atoms with Gasteiger partial charge in [0.2, 0.25) is 0 Å². The molecule has 6 heteroatoms. The summed E-state index contributed by atoms with van der Waals surface area (Å²) < 4.78 is 13.0. The van der Waals surface area contributed by atoms with Crippen molar-refractivity contribution in [1.29, 1.82) is 0 Å². The molecule has 0 unspecified atom stereocenters. The van der Waals surface area contributed by atoms with Gasteiger partial charge < -0.3 is 5.32 Å². The molecule has 0 spiro atoms. The topological polar surface area (TPSA) is 27.3 Å². The van der Waals surface area contributed by atoms with Gasteiger partial charge in [-0.1, -0.05) is 18.0 Å². The Morgan fingerprint density at radius 2 is 2.00 bits per heavy atom. The van der Waals surface area contributed by atoms with Crippen LogP contribution in [0.4, 0.5) is 10.1 Å². The zero-order valence-electron chi connectivity index (χ0n) is 9.88. The van der Waals surface area contributed by atoms with E-state index in [0.717, 1.165) is 13.1 Å². The van der Waals surface area contributed by atoms with Crippen LogP contribution in [0.15, 0.2) is 18.2 Å². The second-order valence-electron chi connectivity index (χ2n) is 4.24. The fourth-order valence-corrected chi connectivity index (χ4v) is 2.31. The number of hydrogen-bond acceptors (Lipinski definition) is 2. The molecule has 1 aliphatic heterocycles. The fourth-order valence-electron chi connectivity index (χ4n) is 1.88. The summed E-state index contributed by atoms with van der Waals surface area (Å²) >= 11 is 10.9. The summed E-state index contributed by atoms with van der Waals surface area (Å²) in [5, 5.41) is 5.66. The molecule has 18 heavy (non-hydrogen) atoms. The molecule has 98 valence electrons. The molecule has 1 aliphatic rings. The zero-order valence-corrected chi connectivity index (χ0v) is 11.5. The molecule has 2 rings (SSSR count). The smallest absolute Gasteiger partial charge is 0.185 e. The van der Waals surface area contributed by atoms with Gasteiger partial charge in [-0.3, -0.25) is 5.43 Å².